The van der Waals surface area contributed by atoms with Gasteiger partial charge >= 0.3 is 6.01 Å². The zero-order chi connectivity index (χ0) is 27.6. The van der Waals surface area contributed by atoms with Gasteiger partial charge in [0.1, 0.15) is 18.2 Å². The molecule has 0 aliphatic carbocycles. The first-order chi connectivity index (χ1) is 19.3. The predicted octanol–water partition coefficient (Wildman–Crippen LogP) is 4.06. The van der Waals surface area contributed by atoms with Crippen LogP contribution in [-0.4, -0.2) is 87.4 Å². The lowest BCUT2D eigenvalue weighted by Crippen LogP contribution is -2.63. The van der Waals surface area contributed by atoms with Crippen molar-refractivity contribution in [3.63, 3.8) is 0 Å². The molecule has 40 heavy (non-hydrogen) atoms. The quantitative estimate of drug-likeness (QED) is 0.370. The van der Waals surface area contributed by atoms with Gasteiger partial charge in [0.05, 0.1) is 33.8 Å². The molecule has 4 aromatic rings. The minimum Gasteiger partial charge on any atom is -0.462 e. The van der Waals surface area contributed by atoms with Gasteiger partial charge in [-0.15, -0.1) is 0 Å². The third-order valence-corrected chi connectivity index (χ3v) is 8.88. The maximum atomic E-state index is 14.8. The lowest BCUT2D eigenvalue weighted by Gasteiger charge is -2.41. The summed E-state index contributed by atoms with van der Waals surface area (Å²) in [5, 5.41) is 11.5. The van der Waals surface area contributed by atoms with Crippen LogP contribution >= 0.6 is 0 Å². The molecule has 0 spiro atoms. The Kier molecular flexibility index (Phi) is 6.08. The van der Waals surface area contributed by atoms with Crippen molar-refractivity contribution in [3.8, 4) is 17.3 Å². The Morgan fingerprint density at radius 1 is 1.18 bits per heavy atom. The maximum absolute atomic E-state index is 14.8. The van der Waals surface area contributed by atoms with Crippen LogP contribution in [0.4, 0.5) is 19.0 Å². The molecule has 3 atom stereocenters. The summed E-state index contributed by atoms with van der Waals surface area (Å²) in [5.41, 5.74) is 1.47. The van der Waals surface area contributed by atoms with Gasteiger partial charge in [0.25, 0.3) is 6.43 Å². The molecule has 9 nitrogen and oxygen atoms in total. The van der Waals surface area contributed by atoms with Crippen LogP contribution in [0, 0.1) is 12.7 Å². The molecule has 0 saturated carbocycles. The number of likely N-dealkylation sites (N-methyl/N-ethyl adjacent to an activating group) is 1. The van der Waals surface area contributed by atoms with Crippen LogP contribution in [0.15, 0.2) is 24.5 Å². The number of nitrogens with zero attached hydrogens (tertiary/aromatic N) is 6. The number of alkyl halides is 2. The SMILES string of the molecule is Cc1c(F)cc2[nH]ncc2c1-c1cc2nc(OCC3CCCN3C)nc(N3C[C@H]4CCC(C(F)F)(C3)N4)c2cn1. The molecular formula is C28H31F3N8O. The van der Waals surface area contributed by atoms with Crippen LogP contribution < -0.4 is 15.0 Å². The number of aromatic amines is 1. The van der Waals surface area contributed by atoms with Crippen molar-refractivity contribution in [2.24, 2.45) is 0 Å². The first-order valence-corrected chi connectivity index (χ1v) is 13.8. The Morgan fingerprint density at radius 3 is 2.85 bits per heavy atom. The second-order valence-electron chi connectivity index (χ2n) is 11.4. The number of pyridine rings is 1. The van der Waals surface area contributed by atoms with Crippen LogP contribution in [0.25, 0.3) is 33.1 Å². The Balaban J connectivity index is 1.34. The molecule has 12 heteroatoms. The standard InChI is InChI=1S/C28H31F3N8O/c1-15-20(29)8-22-18(11-33-37-22)24(15)23-9-21-19(10-32-23)25(35-27(34-21)40-13-17-4-3-7-38(17)2)39-12-16-5-6-28(14-39,36-16)26(30)31/h8-11,16-17,26,36H,3-7,12-14H2,1-2H3,(H,33,37)/t16-,17?,28?/m1/s1. The highest BCUT2D eigenvalue weighted by Gasteiger charge is 2.51. The van der Waals surface area contributed by atoms with Crippen molar-refractivity contribution in [2.45, 2.75) is 56.7 Å². The predicted molar refractivity (Wildman–Crippen MR) is 145 cm³/mol. The zero-order valence-corrected chi connectivity index (χ0v) is 22.4. The van der Waals surface area contributed by atoms with Crippen molar-refractivity contribution in [3.05, 3.63) is 35.9 Å². The fraction of sp³-hybridized carbons (Fsp3) is 0.500. The van der Waals surface area contributed by atoms with Crippen molar-refractivity contribution in [1.29, 1.82) is 0 Å². The minimum absolute atomic E-state index is 0.0548. The van der Waals surface area contributed by atoms with Crippen molar-refractivity contribution in [1.82, 2.24) is 35.4 Å². The van der Waals surface area contributed by atoms with Gasteiger partial charge in [-0.1, -0.05) is 0 Å². The van der Waals surface area contributed by atoms with Crippen LogP contribution in [0.1, 0.15) is 31.2 Å². The van der Waals surface area contributed by atoms with Crippen molar-refractivity contribution in [2.75, 3.05) is 38.2 Å². The summed E-state index contributed by atoms with van der Waals surface area (Å²) >= 11 is 0. The normalized spacial score (nSPS) is 25.1. The number of halogens is 3. The number of H-pyrrole nitrogens is 1. The number of benzene rings is 1. The molecule has 2 N–H and O–H groups in total. The van der Waals surface area contributed by atoms with Gasteiger partial charge in [-0.05, 0) is 63.9 Å². The Labute approximate surface area is 229 Å². The molecule has 3 aromatic heterocycles. The molecule has 210 valence electrons. The zero-order valence-electron chi connectivity index (χ0n) is 22.4. The third-order valence-electron chi connectivity index (χ3n) is 8.88. The molecule has 2 bridgehead atoms. The Bertz CT molecular complexity index is 1600. The largest absolute Gasteiger partial charge is 0.462 e. The molecule has 3 saturated heterocycles. The van der Waals surface area contributed by atoms with E-state index >= 15 is 0 Å². The first-order valence-electron chi connectivity index (χ1n) is 13.8. The molecule has 6 heterocycles. The van der Waals surface area contributed by atoms with Gasteiger partial charge in [0.2, 0.25) is 0 Å². The molecule has 3 aliphatic rings. The van der Waals surface area contributed by atoms with Crippen LogP contribution in [0.5, 0.6) is 6.01 Å². The summed E-state index contributed by atoms with van der Waals surface area (Å²) in [4.78, 5) is 18.4. The summed E-state index contributed by atoms with van der Waals surface area (Å²) in [7, 11) is 2.07. The van der Waals surface area contributed by atoms with E-state index in [1.54, 1.807) is 25.4 Å². The molecule has 0 radical (unpaired) electrons. The maximum Gasteiger partial charge on any atom is 0.319 e. The average molecular weight is 553 g/mol. The molecule has 3 fully saturated rings. The number of fused-ring (bicyclic) bond motifs is 4. The smallest absolute Gasteiger partial charge is 0.319 e. The number of anilines is 1. The van der Waals surface area contributed by atoms with Gasteiger partial charge < -0.3 is 19.9 Å². The summed E-state index contributed by atoms with van der Waals surface area (Å²) in [6, 6.07) is 3.62. The van der Waals surface area contributed by atoms with Gasteiger partial charge in [-0.3, -0.25) is 10.1 Å². The van der Waals surface area contributed by atoms with Gasteiger partial charge in [0.15, 0.2) is 0 Å². The van der Waals surface area contributed by atoms with Crippen LogP contribution in [-0.2, 0) is 0 Å². The molecule has 3 aliphatic heterocycles. The van der Waals surface area contributed by atoms with Crippen molar-refractivity contribution >= 4 is 27.6 Å². The summed E-state index contributed by atoms with van der Waals surface area (Å²) in [6.45, 7) is 3.83. The van der Waals surface area contributed by atoms with Gasteiger partial charge in [-0.25, -0.2) is 13.2 Å². The van der Waals surface area contributed by atoms with E-state index in [1.165, 1.54) is 6.07 Å². The number of rotatable bonds is 6. The lowest BCUT2D eigenvalue weighted by atomic mass is 9.97. The van der Waals surface area contributed by atoms with E-state index in [2.05, 4.69) is 27.5 Å². The second kappa shape index (κ2) is 9.55. The summed E-state index contributed by atoms with van der Waals surface area (Å²) in [5.74, 6) is 0.164. The number of likely N-dealkylation sites (tertiary alicyclic amines) is 1. The highest BCUT2D eigenvalue weighted by Crippen LogP contribution is 2.39. The van der Waals surface area contributed by atoms with E-state index in [0.29, 0.717) is 65.1 Å². The van der Waals surface area contributed by atoms with Crippen molar-refractivity contribution < 1.29 is 17.9 Å². The number of hydrogen-bond donors (Lipinski definition) is 2. The molecular weight excluding hydrogens is 521 g/mol. The number of aromatic nitrogens is 5. The van der Waals surface area contributed by atoms with E-state index in [0.717, 1.165) is 24.8 Å². The summed E-state index contributed by atoms with van der Waals surface area (Å²) < 4.78 is 49.4. The van der Waals surface area contributed by atoms with Gasteiger partial charge in [-0.2, -0.15) is 15.1 Å². The molecule has 2 unspecified atom stereocenters. The van der Waals surface area contributed by atoms with E-state index in [9.17, 15) is 13.2 Å². The van der Waals surface area contributed by atoms with E-state index in [1.807, 2.05) is 4.90 Å². The second-order valence-corrected chi connectivity index (χ2v) is 11.4. The third kappa shape index (κ3) is 4.15. The topological polar surface area (TPSA) is 95.1 Å². The first kappa shape index (κ1) is 25.5. The van der Waals surface area contributed by atoms with Crippen LogP contribution in [0.2, 0.25) is 0 Å². The Morgan fingerprint density at radius 2 is 2.05 bits per heavy atom. The number of nitrogens with one attached hydrogen (secondary N) is 2. The van der Waals surface area contributed by atoms with Gasteiger partial charge in [0, 0.05) is 42.3 Å². The van der Waals surface area contributed by atoms with E-state index < -0.39 is 12.0 Å². The molecule has 1 aromatic carbocycles. The fourth-order valence-corrected chi connectivity index (χ4v) is 6.60. The molecule has 7 rings (SSSR count). The number of ether oxygens (including phenoxy) is 1. The number of piperazine rings is 1. The number of hydrogen-bond acceptors (Lipinski definition) is 8. The van der Waals surface area contributed by atoms with E-state index in [-0.39, 0.29) is 30.5 Å². The monoisotopic (exact) mass is 552 g/mol. The summed E-state index contributed by atoms with van der Waals surface area (Å²) in [6.07, 6.45) is 4.04. The highest BCUT2D eigenvalue weighted by molar-refractivity contribution is 5.98. The minimum atomic E-state index is -2.50. The highest BCUT2D eigenvalue weighted by atomic mass is 19.3. The van der Waals surface area contributed by atoms with Crippen LogP contribution in [0.3, 0.4) is 0 Å². The lowest BCUT2D eigenvalue weighted by molar-refractivity contribution is 0.0367. The average Bonchev–Trinajstić information content (AvgIpc) is 3.66. The fourth-order valence-electron chi connectivity index (χ4n) is 6.60. The molecule has 0 amide bonds. The van der Waals surface area contributed by atoms with E-state index in [4.69, 9.17) is 19.7 Å². The Hall–Kier alpha value is -3.51.